The molecule has 20 rings (SSSR count). The number of hydrogen-bond donors (Lipinski definition) is 8. The second kappa shape index (κ2) is 40.6. The predicted octanol–water partition coefficient (Wildman–Crippen LogP) is 16.3. The summed E-state index contributed by atoms with van der Waals surface area (Å²) in [6.45, 7) is 7.56. The minimum atomic E-state index is 0.0306. The highest BCUT2D eigenvalue weighted by atomic mass is 16.5. The number of Topliss-reactive ketones (excluding diaryl/α,β-unsaturated/α-hetero) is 4. The standard InChI is InChI=1S/C25H25N7O2.2C24H24N8O2.C23H23N9O2/c1-15-6-4-9-21(28-15)30-22-12-20(18(13-26-22)23(33)16-10-11-16)29-19-8-5-7-17(24(19)34-3)25-27-14-32(2)31-25;1-14-10-26-21(12-25-14)30-20-9-19(17(11-27-20)22(33)15-7-8-15)29-18-6-4-5-16(23(18)34-3)24-28-13-32(2)31-24;1-14-9-20(27-12-26-14)30-21-10-19(17(11-25-21)22(33)15-7-8-15)29-18-6-4-5-16(23(18)34-3)24-28-13-32(2)31-24;1-13-4-7-18(30-29-13)28-19-10-17(16(11-25-19)20(33)14-5-6-14)27-23-21(34-3)15(8-9-24-23)22-26-12-32(2)31-22/h4-9,12-14,16H,10-11H2,1-3H3,(H2,26,28,29,30);4-6,9-13,15H,7-8H2,1-3H3,(H2,26,27,29,30);4-6,9-13,15H,7-8H2,1-3H3,(H2,25,26,27,29,30);4,7-12,14H,5-6H2,1-3H3,(H2,24,25,27,28,30). The van der Waals surface area contributed by atoms with Gasteiger partial charge in [0.2, 0.25) is 0 Å². The lowest BCUT2D eigenvalue weighted by atomic mass is 10.1. The monoisotopic (exact) mass is 1820 g/mol. The van der Waals surface area contributed by atoms with Gasteiger partial charge < -0.3 is 61.5 Å². The maximum Gasteiger partial charge on any atom is 0.185 e. The van der Waals surface area contributed by atoms with Crippen molar-refractivity contribution >= 4 is 115 Å². The van der Waals surface area contributed by atoms with Gasteiger partial charge >= 0.3 is 0 Å². The van der Waals surface area contributed by atoms with Crippen LogP contribution in [0.25, 0.3) is 45.6 Å². The Balaban J connectivity index is 0.000000126. The number of para-hydroxylation sites is 3. The Kier molecular flexibility index (Phi) is 27.0. The van der Waals surface area contributed by atoms with E-state index in [2.05, 4.69) is 143 Å². The smallest absolute Gasteiger partial charge is 0.185 e. The Morgan fingerprint density at radius 2 is 0.662 bits per heavy atom. The van der Waals surface area contributed by atoms with Crippen molar-refractivity contribution in [2.24, 2.45) is 51.9 Å². The minimum Gasteiger partial charge on any atom is -0.494 e. The van der Waals surface area contributed by atoms with Gasteiger partial charge in [-0.25, -0.2) is 64.8 Å². The third-order valence-electron chi connectivity index (χ3n) is 22.0. The maximum atomic E-state index is 13.0. The van der Waals surface area contributed by atoms with E-state index >= 15 is 0 Å². The number of nitrogens with zero attached hydrogens (tertiary/aromatic N) is 24. The van der Waals surface area contributed by atoms with Crippen LogP contribution in [0.3, 0.4) is 0 Å². The number of aromatic nitrogens is 24. The van der Waals surface area contributed by atoms with E-state index < -0.39 is 0 Å². The summed E-state index contributed by atoms with van der Waals surface area (Å²) in [6, 6.07) is 37.2. The molecule has 4 fully saturated rings. The van der Waals surface area contributed by atoms with E-state index in [9.17, 15) is 19.2 Å². The molecular formula is C96H96N32O8. The molecule has 16 aromatic rings. The molecule has 688 valence electrons. The summed E-state index contributed by atoms with van der Waals surface area (Å²) in [7, 11) is 13.6. The van der Waals surface area contributed by atoms with Crippen LogP contribution in [-0.2, 0) is 28.2 Å². The Labute approximate surface area is 780 Å². The summed E-state index contributed by atoms with van der Waals surface area (Å²) in [5.41, 5.74) is 12.9. The van der Waals surface area contributed by atoms with Gasteiger partial charge in [-0.05, 0) is 146 Å². The van der Waals surface area contributed by atoms with Crippen LogP contribution in [0.1, 0.15) is 116 Å². The molecule has 13 aromatic heterocycles. The highest BCUT2D eigenvalue weighted by molar-refractivity contribution is 6.08. The fraction of sp³-hybridized carbons (Fsp3) is 0.250. The summed E-state index contributed by atoms with van der Waals surface area (Å²) in [6.07, 6.45) is 26.6. The third-order valence-corrected chi connectivity index (χ3v) is 22.0. The molecule has 4 saturated carbocycles. The molecule has 136 heavy (non-hydrogen) atoms. The molecule has 0 amide bonds. The summed E-state index contributed by atoms with van der Waals surface area (Å²) >= 11 is 0. The molecule has 0 atom stereocenters. The van der Waals surface area contributed by atoms with Crippen molar-refractivity contribution in [3.63, 3.8) is 0 Å². The zero-order valence-electron chi connectivity index (χ0n) is 76.4. The molecule has 8 N–H and O–H groups in total. The van der Waals surface area contributed by atoms with E-state index in [4.69, 9.17) is 18.9 Å². The number of anilines is 16. The molecule has 40 nitrogen and oxygen atoms in total. The molecule has 0 aliphatic heterocycles. The van der Waals surface area contributed by atoms with Crippen LogP contribution in [-0.4, -0.2) is 171 Å². The largest absolute Gasteiger partial charge is 0.494 e. The number of ether oxygens (including phenoxy) is 4. The molecule has 0 spiro atoms. The van der Waals surface area contributed by atoms with Crippen LogP contribution in [0.4, 0.5) is 92.2 Å². The third kappa shape index (κ3) is 21.9. The molecule has 40 heteroatoms. The number of hydrogen-bond acceptors (Lipinski definition) is 36. The van der Waals surface area contributed by atoms with Crippen molar-refractivity contribution < 1.29 is 38.1 Å². The van der Waals surface area contributed by atoms with E-state index in [0.29, 0.717) is 166 Å². The van der Waals surface area contributed by atoms with Crippen LogP contribution in [0, 0.1) is 51.4 Å². The number of ketones is 4. The number of carbonyl (C=O) groups excluding carboxylic acids is 4. The molecule has 13 heterocycles. The van der Waals surface area contributed by atoms with Gasteiger partial charge in [0.25, 0.3) is 0 Å². The normalized spacial score (nSPS) is 12.9. The van der Waals surface area contributed by atoms with Crippen molar-refractivity contribution in [2.75, 3.05) is 71.0 Å². The Hall–Kier alpha value is -17.4. The summed E-state index contributed by atoms with van der Waals surface area (Å²) in [5.74, 6) is 9.90. The van der Waals surface area contributed by atoms with Crippen LogP contribution in [0.2, 0.25) is 0 Å². The fourth-order valence-electron chi connectivity index (χ4n) is 14.6. The second-order valence-corrected chi connectivity index (χ2v) is 32.7. The van der Waals surface area contributed by atoms with E-state index in [1.807, 2.05) is 146 Å². The van der Waals surface area contributed by atoms with Gasteiger partial charge in [0.1, 0.15) is 72.4 Å². The first kappa shape index (κ1) is 90.6. The Morgan fingerprint density at radius 3 is 1.01 bits per heavy atom. The number of carbonyl (C=O) groups is 4. The number of benzene rings is 3. The van der Waals surface area contributed by atoms with Gasteiger partial charge in [0.15, 0.2) is 81.1 Å². The average molecular weight is 1830 g/mol. The van der Waals surface area contributed by atoms with E-state index in [0.717, 1.165) is 90.8 Å². The molecule has 3 aromatic carbocycles. The van der Waals surface area contributed by atoms with Gasteiger partial charge in [-0.1, -0.05) is 24.3 Å². The second-order valence-electron chi connectivity index (χ2n) is 32.7. The lowest BCUT2D eigenvalue weighted by Gasteiger charge is -2.17. The van der Waals surface area contributed by atoms with Crippen LogP contribution >= 0.6 is 0 Å². The van der Waals surface area contributed by atoms with Gasteiger partial charge in [0.05, 0.1) is 137 Å². The average Bonchev–Trinajstić information content (AvgIpc) is 1.66. The number of pyridine rings is 6. The van der Waals surface area contributed by atoms with Gasteiger partial charge in [-0.15, -0.1) is 5.10 Å². The van der Waals surface area contributed by atoms with Crippen molar-refractivity contribution in [1.29, 1.82) is 0 Å². The molecule has 4 aliphatic rings. The summed E-state index contributed by atoms with van der Waals surface area (Å²) in [5, 5.41) is 51.9. The van der Waals surface area contributed by atoms with Gasteiger partial charge in [-0.2, -0.15) is 25.5 Å². The molecule has 0 bridgehead atoms. The molecular weight excluding hydrogens is 1730 g/mol. The van der Waals surface area contributed by atoms with Crippen LogP contribution in [0.15, 0.2) is 196 Å². The summed E-state index contributed by atoms with van der Waals surface area (Å²) < 4.78 is 29.4. The predicted molar refractivity (Wildman–Crippen MR) is 510 cm³/mol. The molecule has 0 unspecified atom stereocenters. The molecule has 0 radical (unpaired) electrons. The number of rotatable bonds is 32. The first-order valence-corrected chi connectivity index (χ1v) is 43.7. The van der Waals surface area contributed by atoms with Crippen molar-refractivity contribution in [3.05, 3.63) is 241 Å². The maximum absolute atomic E-state index is 13.0. The quantitative estimate of drug-likeness (QED) is 0.0182. The minimum absolute atomic E-state index is 0.0306. The molecule has 4 aliphatic carbocycles. The first-order valence-electron chi connectivity index (χ1n) is 43.7. The zero-order valence-corrected chi connectivity index (χ0v) is 76.4. The van der Waals surface area contributed by atoms with E-state index in [1.165, 1.54) is 6.33 Å². The number of aryl methyl sites for hydroxylation is 8. The summed E-state index contributed by atoms with van der Waals surface area (Å²) in [4.78, 5) is 113. The number of nitrogens with one attached hydrogen (secondary N) is 8. The fourth-order valence-corrected chi connectivity index (χ4v) is 14.6. The van der Waals surface area contributed by atoms with E-state index in [-0.39, 0.29) is 46.8 Å². The van der Waals surface area contributed by atoms with Crippen molar-refractivity contribution in [1.82, 2.24) is 119 Å². The van der Waals surface area contributed by atoms with Gasteiger partial charge in [0, 0.05) is 125 Å². The van der Waals surface area contributed by atoms with Crippen molar-refractivity contribution in [3.8, 4) is 68.5 Å². The van der Waals surface area contributed by atoms with E-state index in [1.54, 1.807) is 147 Å². The first-order chi connectivity index (χ1) is 66.0. The Bertz CT molecular complexity index is 6670. The topological polar surface area (TPSA) is 479 Å². The van der Waals surface area contributed by atoms with Crippen molar-refractivity contribution in [2.45, 2.75) is 79.1 Å². The van der Waals surface area contributed by atoms with Gasteiger partial charge in [-0.3, -0.25) is 42.9 Å². The highest BCUT2D eigenvalue weighted by Gasteiger charge is 2.37. The number of methoxy groups -OCH3 is 4. The zero-order chi connectivity index (χ0) is 94.6. The molecule has 0 saturated heterocycles. The SMILES string of the molecule is COc1c(-c2ncn(C)n2)ccnc1Nc1cc(Nc2ccc(C)nn2)ncc1C(=O)C1CC1.COc1c(Nc2cc(Nc3cc(C)ncn3)ncc2C(=O)C2CC2)cccc1-c1ncn(C)n1.COc1c(Nc2cc(Nc3cccc(C)n3)ncc2C(=O)C2CC2)cccc1-c1ncn(C)n1.COc1c(Nc2cc(Nc3cnc(C)cn3)ncc2C(=O)C2CC2)cccc1-c1ncn(C)n1. The van der Waals surface area contributed by atoms with Crippen LogP contribution < -0.4 is 61.5 Å². The lowest BCUT2D eigenvalue weighted by molar-refractivity contribution is 0.0960. The highest BCUT2D eigenvalue weighted by Crippen LogP contribution is 2.46. The van der Waals surface area contributed by atoms with Crippen LogP contribution in [0.5, 0.6) is 23.0 Å². The lowest BCUT2D eigenvalue weighted by Crippen LogP contribution is -2.09. The Morgan fingerprint density at radius 1 is 0.294 bits per heavy atom.